The predicted octanol–water partition coefficient (Wildman–Crippen LogP) is 6.07. The molecule has 0 atom stereocenters. The van der Waals surface area contributed by atoms with Crippen molar-refractivity contribution in [3.8, 4) is 22.6 Å². The number of carbonyl (C=O) groups excluding carboxylic acids is 1. The Morgan fingerprint density at radius 2 is 1.53 bits per heavy atom. The predicted molar refractivity (Wildman–Crippen MR) is 121 cm³/mol. The molecule has 0 fully saturated rings. The second kappa shape index (κ2) is 9.65. The van der Waals surface area contributed by atoms with Gasteiger partial charge in [0.1, 0.15) is 5.69 Å². The molecule has 3 aromatic carbocycles. The molecule has 30 heavy (non-hydrogen) atoms. The lowest BCUT2D eigenvalue weighted by Crippen LogP contribution is -2.24. The van der Waals surface area contributed by atoms with Crippen LogP contribution in [0.4, 0.5) is 0 Å². The molecule has 4 nitrogen and oxygen atoms in total. The van der Waals surface area contributed by atoms with E-state index in [-0.39, 0.29) is 11.7 Å². The Morgan fingerprint density at radius 1 is 0.900 bits per heavy atom. The molecule has 150 valence electrons. The van der Waals surface area contributed by atoms with Crippen molar-refractivity contribution in [2.45, 2.75) is 11.8 Å². The summed E-state index contributed by atoms with van der Waals surface area (Å²) in [6.45, 7) is 0.384. The minimum absolute atomic E-state index is 0.111. The first-order valence-electron chi connectivity index (χ1n) is 9.45. The van der Waals surface area contributed by atoms with Gasteiger partial charge in [0.15, 0.2) is 5.76 Å². The number of carbonyl (C=O) groups is 1. The zero-order valence-corrected chi connectivity index (χ0v) is 17.6. The van der Waals surface area contributed by atoms with Crippen LogP contribution in [0.25, 0.3) is 22.6 Å². The quantitative estimate of drug-likeness (QED) is 0.358. The van der Waals surface area contributed by atoms with Crippen LogP contribution in [0.1, 0.15) is 5.56 Å². The Kier molecular flexibility index (Phi) is 6.52. The number of amides is 1. The summed E-state index contributed by atoms with van der Waals surface area (Å²) in [6.07, 6.45) is 0. The van der Waals surface area contributed by atoms with Crippen molar-refractivity contribution in [2.24, 2.45) is 0 Å². The summed E-state index contributed by atoms with van der Waals surface area (Å²) in [4.78, 5) is 16.9. The highest BCUT2D eigenvalue weighted by Crippen LogP contribution is 2.35. The molecule has 0 aliphatic carbocycles. The molecular weight excluding hydrogens is 416 g/mol. The van der Waals surface area contributed by atoms with Gasteiger partial charge in [-0.2, -0.15) is 0 Å². The van der Waals surface area contributed by atoms with E-state index in [0.717, 1.165) is 22.4 Å². The number of rotatable bonds is 7. The molecule has 0 saturated heterocycles. The third-order valence-corrected chi connectivity index (χ3v) is 5.65. The Labute approximate surface area is 184 Å². The summed E-state index contributed by atoms with van der Waals surface area (Å²) in [5.41, 5.74) is 3.56. The molecule has 0 aliphatic heterocycles. The van der Waals surface area contributed by atoms with Crippen molar-refractivity contribution in [3.63, 3.8) is 0 Å². The van der Waals surface area contributed by atoms with Gasteiger partial charge in [0.25, 0.3) is 5.22 Å². The third kappa shape index (κ3) is 4.93. The van der Waals surface area contributed by atoms with Gasteiger partial charge in [-0.15, -0.1) is 0 Å². The number of nitrogens with one attached hydrogen (secondary N) is 1. The van der Waals surface area contributed by atoms with Crippen LogP contribution in [-0.2, 0) is 11.3 Å². The highest BCUT2D eigenvalue weighted by molar-refractivity contribution is 7.99. The Balaban J connectivity index is 1.47. The minimum atomic E-state index is -0.111. The van der Waals surface area contributed by atoms with Crippen LogP contribution in [-0.4, -0.2) is 16.6 Å². The summed E-state index contributed by atoms with van der Waals surface area (Å²) in [6, 6.07) is 27.2. The lowest BCUT2D eigenvalue weighted by molar-refractivity contribution is -0.118. The summed E-state index contributed by atoms with van der Waals surface area (Å²) in [7, 11) is 0. The molecule has 0 saturated carbocycles. The van der Waals surface area contributed by atoms with E-state index < -0.39 is 0 Å². The fourth-order valence-corrected chi connectivity index (χ4v) is 3.81. The fraction of sp³-hybridized carbons (Fsp3) is 0.0833. The number of hydrogen-bond acceptors (Lipinski definition) is 4. The Hall–Kier alpha value is -3.02. The maximum Gasteiger partial charge on any atom is 0.257 e. The van der Waals surface area contributed by atoms with Gasteiger partial charge in [-0.05, 0) is 11.6 Å². The number of halogens is 1. The first-order valence-corrected chi connectivity index (χ1v) is 10.8. The van der Waals surface area contributed by atoms with Crippen molar-refractivity contribution in [3.05, 3.63) is 95.5 Å². The standard InChI is InChI=1S/C24H19ClN2O2S/c25-20-14-8-7-13-19(20)15-26-21(28)16-30-24-27-22(17-9-3-1-4-10-17)23(29-24)18-11-5-2-6-12-18/h1-14H,15-16H2,(H,26,28). The van der Waals surface area contributed by atoms with Gasteiger partial charge in [0.2, 0.25) is 5.91 Å². The van der Waals surface area contributed by atoms with Gasteiger partial charge in [-0.3, -0.25) is 4.79 Å². The topological polar surface area (TPSA) is 55.1 Å². The molecule has 6 heteroatoms. The van der Waals surface area contributed by atoms with E-state index in [1.165, 1.54) is 11.8 Å². The first-order chi connectivity index (χ1) is 14.7. The van der Waals surface area contributed by atoms with Gasteiger partial charge in [-0.1, -0.05) is 102 Å². The van der Waals surface area contributed by atoms with E-state index in [9.17, 15) is 4.79 Å². The van der Waals surface area contributed by atoms with Crippen molar-refractivity contribution in [1.82, 2.24) is 10.3 Å². The summed E-state index contributed by atoms with van der Waals surface area (Å²) in [5, 5.41) is 3.98. The monoisotopic (exact) mass is 434 g/mol. The van der Waals surface area contributed by atoms with Gasteiger partial charge in [0.05, 0.1) is 5.75 Å². The number of hydrogen-bond donors (Lipinski definition) is 1. The zero-order valence-electron chi connectivity index (χ0n) is 16.0. The molecule has 0 aliphatic rings. The zero-order chi connectivity index (χ0) is 20.8. The maximum absolute atomic E-state index is 12.3. The van der Waals surface area contributed by atoms with Crippen molar-refractivity contribution >= 4 is 29.3 Å². The van der Waals surface area contributed by atoms with Crippen LogP contribution < -0.4 is 5.32 Å². The summed E-state index contributed by atoms with van der Waals surface area (Å²) < 4.78 is 6.04. The van der Waals surface area contributed by atoms with E-state index in [4.69, 9.17) is 16.0 Å². The summed E-state index contributed by atoms with van der Waals surface area (Å²) >= 11 is 7.41. The number of oxazole rings is 1. The number of benzene rings is 3. The molecule has 0 unspecified atom stereocenters. The van der Waals surface area contributed by atoms with Gasteiger partial charge < -0.3 is 9.73 Å². The largest absolute Gasteiger partial charge is 0.431 e. The summed E-state index contributed by atoms with van der Waals surface area (Å²) in [5.74, 6) is 0.786. The van der Waals surface area contributed by atoms with E-state index in [1.807, 2.05) is 78.9 Å². The number of thioether (sulfide) groups is 1. The Morgan fingerprint density at radius 3 is 2.23 bits per heavy atom. The minimum Gasteiger partial charge on any atom is -0.431 e. The fourth-order valence-electron chi connectivity index (χ4n) is 2.95. The van der Waals surface area contributed by atoms with E-state index in [2.05, 4.69) is 10.3 Å². The van der Waals surface area contributed by atoms with Crippen LogP contribution in [0.3, 0.4) is 0 Å². The molecule has 1 N–H and O–H groups in total. The highest BCUT2D eigenvalue weighted by atomic mass is 35.5. The molecule has 0 bridgehead atoms. The van der Waals surface area contributed by atoms with Crippen LogP contribution in [0.5, 0.6) is 0 Å². The van der Waals surface area contributed by atoms with E-state index in [1.54, 1.807) is 6.07 Å². The Bertz CT molecular complexity index is 1070. The van der Waals surface area contributed by atoms with Crippen LogP contribution in [0, 0.1) is 0 Å². The molecule has 0 radical (unpaired) electrons. The van der Waals surface area contributed by atoms with E-state index in [0.29, 0.717) is 22.6 Å². The maximum atomic E-state index is 12.3. The number of aromatic nitrogens is 1. The van der Waals surface area contributed by atoms with Crippen LogP contribution >= 0.6 is 23.4 Å². The second-order valence-corrected chi connectivity index (χ2v) is 7.88. The SMILES string of the molecule is O=C(CSc1nc(-c2ccccc2)c(-c2ccccc2)o1)NCc1ccccc1Cl. The average molecular weight is 435 g/mol. The molecule has 1 amide bonds. The third-order valence-electron chi connectivity index (χ3n) is 4.45. The highest BCUT2D eigenvalue weighted by Gasteiger charge is 2.18. The van der Waals surface area contributed by atoms with E-state index >= 15 is 0 Å². The van der Waals surface area contributed by atoms with Crippen LogP contribution in [0.15, 0.2) is 94.6 Å². The molecule has 0 spiro atoms. The van der Waals surface area contributed by atoms with Gasteiger partial charge in [0, 0.05) is 22.7 Å². The normalized spacial score (nSPS) is 10.7. The average Bonchev–Trinajstić information content (AvgIpc) is 3.23. The lowest BCUT2D eigenvalue weighted by atomic mass is 10.1. The van der Waals surface area contributed by atoms with Crippen molar-refractivity contribution in [2.75, 3.05) is 5.75 Å². The smallest absolute Gasteiger partial charge is 0.257 e. The van der Waals surface area contributed by atoms with Gasteiger partial charge >= 0.3 is 0 Å². The van der Waals surface area contributed by atoms with Crippen LogP contribution in [0.2, 0.25) is 5.02 Å². The van der Waals surface area contributed by atoms with Crippen molar-refractivity contribution < 1.29 is 9.21 Å². The molecular formula is C24H19ClN2O2S. The second-order valence-electron chi connectivity index (χ2n) is 6.55. The molecule has 1 heterocycles. The van der Waals surface area contributed by atoms with Gasteiger partial charge in [-0.25, -0.2) is 4.98 Å². The van der Waals surface area contributed by atoms with Crippen molar-refractivity contribution in [1.29, 1.82) is 0 Å². The lowest BCUT2D eigenvalue weighted by Gasteiger charge is -2.05. The first kappa shape index (κ1) is 20.3. The molecule has 1 aromatic heterocycles. The number of nitrogens with zero attached hydrogens (tertiary/aromatic N) is 1. The molecule has 4 rings (SSSR count). The molecule has 4 aromatic rings.